The quantitative estimate of drug-likeness (QED) is 0.423. The minimum atomic E-state index is -0.186. The summed E-state index contributed by atoms with van der Waals surface area (Å²) in [6.07, 6.45) is 10.4. The Morgan fingerprint density at radius 1 is 0.594 bits per heavy atom. The van der Waals surface area contributed by atoms with Crippen molar-refractivity contribution in [3.8, 4) is 0 Å². The van der Waals surface area contributed by atoms with Gasteiger partial charge in [0, 0.05) is 23.5 Å². The van der Waals surface area contributed by atoms with Crippen LogP contribution in [0.25, 0.3) is 12.2 Å². The van der Waals surface area contributed by atoms with E-state index in [1.807, 2.05) is 36.4 Å². The lowest BCUT2D eigenvalue weighted by atomic mass is 10.1. The minimum absolute atomic E-state index is 0.186. The lowest BCUT2D eigenvalue weighted by molar-refractivity contribution is 0.101. The van der Waals surface area contributed by atoms with E-state index in [2.05, 4.69) is 20.6 Å². The predicted octanol–water partition coefficient (Wildman–Crippen LogP) is 5.15. The monoisotopic (exact) mass is 420 g/mol. The Hall–Kier alpha value is -4.58. The Bertz CT molecular complexity index is 1120. The molecule has 0 atom stereocenters. The molecular formula is C26H20N4O2. The maximum Gasteiger partial charge on any atom is 0.255 e. The number of benzene rings is 2. The lowest BCUT2D eigenvalue weighted by Gasteiger charge is -2.05. The molecule has 0 bridgehead atoms. The van der Waals surface area contributed by atoms with Crippen molar-refractivity contribution in [2.45, 2.75) is 0 Å². The highest BCUT2D eigenvalue weighted by Gasteiger charge is 2.06. The predicted molar refractivity (Wildman–Crippen MR) is 126 cm³/mol. The molecule has 6 nitrogen and oxygen atoms in total. The molecule has 4 rings (SSSR count). The van der Waals surface area contributed by atoms with Crippen LogP contribution in [0, 0.1) is 0 Å². The molecule has 2 aromatic carbocycles. The third-order valence-corrected chi connectivity index (χ3v) is 4.65. The number of nitrogens with one attached hydrogen (secondary N) is 2. The summed E-state index contributed by atoms with van der Waals surface area (Å²) < 4.78 is 0. The third kappa shape index (κ3) is 5.52. The molecule has 32 heavy (non-hydrogen) atoms. The first-order chi connectivity index (χ1) is 15.7. The molecule has 0 fully saturated rings. The van der Waals surface area contributed by atoms with E-state index in [1.165, 1.54) is 0 Å². The Morgan fingerprint density at radius 3 is 1.34 bits per heavy atom. The van der Waals surface area contributed by atoms with Gasteiger partial charge in [-0.05, 0) is 59.7 Å². The van der Waals surface area contributed by atoms with E-state index >= 15 is 0 Å². The minimum Gasteiger partial charge on any atom is -0.321 e. The summed E-state index contributed by atoms with van der Waals surface area (Å²) in [5.41, 5.74) is 4.35. The van der Waals surface area contributed by atoms with Crippen LogP contribution in [0.1, 0.15) is 31.8 Å². The van der Waals surface area contributed by atoms with Crippen molar-refractivity contribution < 1.29 is 9.59 Å². The first-order valence-corrected chi connectivity index (χ1v) is 9.98. The zero-order chi connectivity index (χ0) is 22.2. The Kier molecular flexibility index (Phi) is 6.43. The number of anilines is 2. The fourth-order valence-corrected chi connectivity index (χ4v) is 2.96. The molecule has 2 amide bonds. The molecule has 2 aromatic heterocycles. The molecule has 2 heterocycles. The number of aromatic nitrogens is 2. The molecule has 2 N–H and O–H groups in total. The van der Waals surface area contributed by atoms with Crippen LogP contribution in [0.2, 0.25) is 0 Å². The van der Waals surface area contributed by atoms with Crippen molar-refractivity contribution >= 4 is 35.3 Å². The summed E-state index contributed by atoms with van der Waals surface area (Å²) in [4.78, 5) is 32.6. The average molecular weight is 420 g/mol. The first-order valence-electron chi connectivity index (χ1n) is 9.98. The van der Waals surface area contributed by atoms with Crippen LogP contribution in [-0.4, -0.2) is 21.8 Å². The summed E-state index contributed by atoms with van der Waals surface area (Å²) in [5.74, 6) is -0.373. The third-order valence-electron chi connectivity index (χ3n) is 4.65. The van der Waals surface area contributed by atoms with E-state index in [0.717, 1.165) is 11.1 Å². The molecule has 156 valence electrons. The Balaban J connectivity index is 1.35. The van der Waals surface area contributed by atoms with Gasteiger partial charge in [0.2, 0.25) is 0 Å². The van der Waals surface area contributed by atoms with E-state index in [0.29, 0.717) is 22.5 Å². The van der Waals surface area contributed by atoms with E-state index in [9.17, 15) is 9.59 Å². The summed E-state index contributed by atoms with van der Waals surface area (Å²) >= 11 is 0. The molecule has 0 unspecified atom stereocenters. The normalized spacial score (nSPS) is 10.6. The number of pyridine rings is 2. The largest absolute Gasteiger partial charge is 0.321 e. The summed E-state index contributed by atoms with van der Waals surface area (Å²) in [6.45, 7) is 0. The highest BCUT2D eigenvalue weighted by Crippen LogP contribution is 2.14. The highest BCUT2D eigenvalue weighted by molar-refractivity contribution is 6.05. The van der Waals surface area contributed by atoms with Crippen LogP contribution in [0.15, 0.2) is 97.6 Å². The topological polar surface area (TPSA) is 84.0 Å². The summed E-state index contributed by atoms with van der Waals surface area (Å²) in [6, 6.07) is 21.7. The fourth-order valence-electron chi connectivity index (χ4n) is 2.96. The number of carbonyl (C=O) groups is 2. The number of amides is 2. The number of hydrogen-bond donors (Lipinski definition) is 2. The fraction of sp³-hybridized carbons (Fsp3) is 0. The van der Waals surface area contributed by atoms with E-state index in [-0.39, 0.29) is 11.8 Å². The van der Waals surface area contributed by atoms with Crippen molar-refractivity contribution in [1.29, 1.82) is 0 Å². The van der Waals surface area contributed by atoms with Gasteiger partial charge in [0.25, 0.3) is 11.8 Å². The second-order valence-electron chi connectivity index (χ2n) is 6.97. The van der Waals surface area contributed by atoms with Crippen LogP contribution in [0.5, 0.6) is 0 Å². The van der Waals surface area contributed by atoms with Gasteiger partial charge >= 0.3 is 0 Å². The molecule has 0 aliphatic carbocycles. The number of nitrogens with zero attached hydrogens (tertiary/aromatic N) is 2. The van der Waals surface area contributed by atoms with Crippen molar-refractivity contribution in [2.24, 2.45) is 0 Å². The van der Waals surface area contributed by atoms with Gasteiger partial charge in [0.05, 0.1) is 23.8 Å². The summed E-state index contributed by atoms with van der Waals surface area (Å²) in [5, 5.41) is 5.62. The maximum atomic E-state index is 12.3. The molecule has 6 heteroatoms. The molecule has 0 saturated heterocycles. The van der Waals surface area contributed by atoms with E-state index < -0.39 is 0 Å². The van der Waals surface area contributed by atoms with Gasteiger partial charge in [-0.1, -0.05) is 36.4 Å². The van der Waals surface area contributed by atoms with Crippen molar-refractivity contribution in [3.05, 3.63) is 120 Å². The van der Waals surface area contributed by atoms with Gasteiger partial charge in [0.1, 0.15) is 0 Å². The lowest BCUT2D eigenvalue weighted by Crippen LogP contribution is -2.11. The van der Waals surface area contributed by atoms with Gasteiger partial charge < -0.3 is 10.6 Å². The highest BCUT2D eigenvalue weighted by atomic mass is 16.2. The number of hydrogen-bond acceptors (Lipinski definition) is 4. The second kappa shape index (κ2) is 9.95. The van der Waals surface area contributed by atoms with Gasteiger partial charge in [-0.15, -0.1) is 0 Å². The Labute approximate surface area is 185 Å². The second-order valence-corrected chi connectivity index (χ2v) is 6.97. The zero-order valence-electron chi connectivity index (χ0n) is 17.1. The molecule has 0 saturated carbocycles. The van der Waals surface area contributed by atoms with Crippen LogP contribution in [0.4, 0.5) is 11.4 Å². The van der Waals surface area contributed by atoms with Crippen LogP contribution < -0.4 is 10.6 Å². The molecule has 0 radical (unpaired) electrons. The molecule has 0 aliphatic rings. The first kappa shape index (κ1) is 20.7. The van der Waals surface area contributed by atoms with Crippen molar-refractivity contribution in [1.82, 2.24) is 9.97 Å². The SMILES string of the molecule is O=C(Nc1cccnc1)c1ccc(/C=C/c2ccc(C(=O)Nc3cccnc3)cc2)cc1. The van der Waals surface area contributed by atoms with Crippen LogP contribution in [-0.2, 0) is 0 Å². The number of carbonyl (C=O) groups excluding carboxylic acids is 2. The summed E-state index contributed by atoms with van der Waals surface area (Å²) in [7, 11) is 0. The van der Waals surface area contributed by atoms with Crippen LogP contribution >= 0.6 is 0 Å². The average Bonchev–Trinajstić information content (AvgIpc) is 2.84. The van der Waals surface area contributed by atoms with Gasteiger partial charge in [-0.2, -0.15) is 0 Å². The van der Waals surface area contributed by atoms with Crippen molar-refractivity contribution in [3.63, 3.8) is 0 Å². The van der Waals surface area contributed by atoms with Gasteiger partial charge in [0.15, 0.2) is 0 Å². The standard InChI is InChI=1S/C26H20N4O2/c31-25(29-23-3-1-15-27-17-23)21-11-7-19(8-12-21)5-6-20-9-13-22(14-10-20)26(32)30-24-4-2-16-28-18-24/h1-18H,(H,29,31)(H,30,32)/b6-5+. The van der Waals surface area contributed by atoms with Crippen LogP contribution in [0.3, 0.4) is 0 Å². The molecular weight excluding hydrogens is 400 g/mol. The van der Waals surface area contributed by atoms with E-state index in [1.54, 1.807) is 73.3 Å². The van der Waals surface area contributed by atoms with Crippen molar-refractivity contribution in [2.75, 3.05) is 10.6 Å². The molecule has 0 spiro atoms. The van der Waals surface area contributed by atoms with Gasteiger partial charge in [-0.3, -0.25) is 19.6 Å². The smallest absolute Gasteiger partial charge is 0.255 e. The molecule has 4 aromatic rings. The maximum absolute atomic E-state index is 12.3. The zero-order valence-corrected chi connectivity index (χ0v) is 17.1. The van der Waals surface area contributed by atoms with E-state index in [4.69, 9.17) is 0 Å². The van der Waals surface area contributed by atoms with Gasteiger partial charge in [-0.25, -0.2) is 0 Å². The molecule has 0 aliphatic heterocycles. The number of rotatable bonds is 6. The Morgan fingerprint density at radius 2 is 1.00 bits per heavy atom.